The zero-order valence-electron chi connectivity index (χ0n) is 19.0. The molecule has 0 radical (unpaired) electrons. The molecule has 32 heavy (non-hydrogen) atoms. The number of H-pyrrole nitrogens is 1. The minimum atomic E-state index is 0.613. The highest BCUT2D eigenvalue weighted by Gasteiger charge is 2.43. The number of benzene rings is 1. The first-order valence-corrected chi connectivity index (χ1v) is 12.0. The van der Waals surface area contributed by atoms with Crippen molar-refractivity contribution in [1.82, 2.24) is 20.1 Å². The lowest BCUT2D eigenvalue weighted by atomic mass is 9.90. The fourth-order valence-electron chi connectivity index (χ4n) is 6.42. The van der Waals surface area contributed by atoms with E-state index in [9.17, 15) is 0 Å². The highest BCUT2D eigenvalue weighted by Crippen LogP contribution is 2.48. The molecule has 2 aromatic heterocycles. The highest BCUT2D eigenvalue weighted by atomic mass is 16.5. The molecule has 4 heterocycles. The van der Waals surface area contributed by atoms with Crippen LogP contribution >= 0.6 is 0 Å². The van der Waals surface area contributed by atoms with Gasteiger partial charge in [-0.05, 0) is 79.7 Å². The highest BCUT2D eigenvalue weighted by molar-refractivity contribution is 5.94. The third kappa shape index (κ3) is 3.50. The molecule has 2 unspecified atom stereocenters. The Morgan fingerprint density at radius 3 is 2.75 bits per heavy atom. The maximum atomic E-state index is 5.76. The molecule has 1 saturated carbocycles. The average molecular weight is 433 g/mol. The van der Waals surface area contributed by atoms with Crippen molar-refractivity contribution in [2.45, 2.75) is 44.6 Å². The van der Waals surface area contributed by atoms with Crippen molar-refractivity contribution < 1.29 is 9.47 Å². The van der Waals surface area contributed by atoms with E-state index in [0.29, 0.717) is 17.8 Å². The van der Waals surface area contributed by atoms with Crippen molar-refractivity contribution in [1.29, 1.82) is 0 Å². The van der Waals surface area contributed by atoms with Crippen molar-refractivity contribution in [2.75, 3.05) is 33.4 Å². The Labute approximate surface area is 189 Å². The number of nitrogens with zero attached hydrogens (tertiary/aromatic N) is 3. The molecular weight excluding hydrogens is 400 g/mol. The molecule has 0 amide bonds. The zero-order chi connectivity index (χ0) is 21.7. The second-order valence-corrected chi connectivity index (χ2v) is 9.93. The van der Waals surface area contributed by atoms with Crippen LogP contribution in [0.4, 0.5) is 0 Å². The molecule has 4 atom stereocenters. The van der Waals surface area contributed by atoms with Crippen LogP contribution in [-0.4, -0.2) is 59.5 Å². The van der Waals surface area contributed by atoms with E-state index in [2.05, 4.69) is 39.1 Å². The number of ether oxygens (including phenoxy) is 2. The number of rotatable bonds is 4. The zero-order valence-corrected chi connectivity index (χ0v) is 19.0. The monoisotopic (exact) mass is 432 g/mol. The molecule has 3 aromatic rings. The number of hydrogen-bond donors (Lipinski definition) is 1. The number of hydrogen-bond acceptors (Lipinski definition) is 5. The van der Waals surface area contributed by atoms with Crippen LogP contribution in [0, 0.1) is 18.8 Å². The second kappa shape index (κ2) is 8.16. The van der Waals surface area contributed by atoms with Crippen LogP contribution < -0.4 is 4.74 Å². The summed E-state index contributed by atoms with van der Waals surface area (Å²) in [5.74, 6) is 2.91. The van der Waals surface area contributed by atoms with Crippen LogP contribution in [-0.2, 0) is 4.74 Å². The van der Waals surface area contributed by atoms with Gasteiger partial charge < -0.3 is 9.47 Å². The van der Waals surface area contributed by atoms with Gasteiger partial charge in [0.05, 0.1) is 19.2 Å². The summed E-state index contributed by atoms with van der Waals surface area (Å²) in [7, 11) is 1.65. The van der Waals surface area contributed by atoms with Crippen LogP contribution in [0.5, 0.6) is 5.88 Å². The van der Waals surface area contributed by atoms with Crippen molar-refractivity contribution in [3.63, 3.8) is 0 Å². The lowest BCUT2D eigenvalue weighted by Gasteiger charge is -2.32. The van der Waals surface area contributed by atoms with E-state index in [4.69, 9.17) is 9.47 Å². The number of nitrogens with one attached hydrogen (secondary N) is 1. The van der Waals surface area contributed by atoms with Gasteiger partial charge in [-0.3, -0.25) is 10.00 Å². The Hall–Kier alpha value is -2.44. The van der Waals surface area contributed by atoms with E-state index in [1.54, 1.807) is 13.3 Å². The summed E-state index contributed by atoms with van der Waals surface area (Å²) in [6, 6.07) is 9.28. The van der Waals surface area contributed by atoms with Gasteiger partial charge in [0.1, 0.15) is 5.69 Å². The largest absolute Gasteiger partial charge is 0.481 e. The third-order valence-electron chi connectivity index (χ3n) is 8.04. The second-order valence-electron chi connectivity index (χ2n) is 9.93. The van der Waals surface area contributed by atoms with E-state index in [-0.39, 0.29) is 0 Å². The smallest absolute Gasteiger partial charge is 0.213 e. The number of methoxy groups -OCH3 is 1. The number of aryl methyl sites for hydroxylation is 1. The molecule has 6 nitrogen and oxygen atoms in total. The van der Waals surface area contributed by atoms with Crippen LogP contribution in [0.3, 0.4) is 0 Å². The SMILES string of the molecule is COc1cc(-c2n[nH]c3cc(C)c(C4C[C@@H]5CN(C6CCCOC6)C[C@@H]5C4)cc23)ccn1. The molecule has 1 N–H and O–H groups in total. The van der Waals surface area contributed by atoms with E-state index < -0.39 is 0 Å². The van der Waals surface area contributed by atoms with Gasteiger partial charge in [0.2, 0.25) is 5.88 Å². The predicted molar refractivity (Wildman–Crippen MR) is 125 cm³/mol. The first-order chi connectivity index (χ1) is 15.7. The maximum absolute atomic E-state index is 5.76. The molecule has 1 aliphatic carbocycles. The van der Waals surface area contributed by atoms with Gasteiger partial charge in [-0.2, -0.15) is 5.10 Å². The van der Waals surface area contributed by atoms with Gasteiger partial charge in [-0.1, -0.05) is 0 Å². The van der Waals surface area contributed by atoms with Gasteiger partial charge in [0.15, 0.2) is 0 Å². The number of likely N-dealkylation sites (tertiary alicyclic amines) is 1. The minimum absolute atomic E-state index is 0.613. The van der Waals surface area contributed by atoms with Gasteiger partial charge >= 0.3 is 0 Å². The molecule has 1 aromatic carbocycles. The van der Waals surface area contributed by atoms with Crippen molar-refractivity contribution in [3.8, 4) is 17.1 Å². The third-order valence-corrected chi connectivity index (χ3v) is 8.04. The lowest BCUT2D eigenvalue weighted by molar-refractivity contribution is 0.0238. The molecule has 0 spiro atoms. The number of fused-ring (bicyclic) bond motifs is 2. The normalized spacial score (nSPS) is 28.3. The van der Waals surface area contributed by atoms with E-state index >= 15 is 0 Å². The molecule has 168 valence electrons. The topological polar surface area (TPSA) is 63.3 Å². The first-order valence-electron chi connectivity index (χ1n) is 12.0. The summed E-state index contributed by atoms with van der Waals surface area (Å²) >= 11 is 0. The summed E-state index contributed by atoms with van der Waals surface area (Å²) < 4.78 is 11.1. The fraction of sp³-hybridized carbons (Fsp3) is 0.538. The van der Waals surface area contributed by atoms with Gasteiger partial charge in [-0.25, -0.2) is 4.98 Å². The Balaban J connectivity index is 1.25. The summed E-state index contributed by atoms with van der Waals surface area (Å²) in [5, 5.41) is 9.07. The van der Waals surface area contributed by atoms with Gasteiger partial charge in [0, 0.05) is 49.0 Å². The number of pyridine rings is 1. The summed E-state index contributed by atoms with van der Waals surface area (Å²) in [4.78, 5) is 6.97. The van der Waals surface area contributed by atoms with Crippen molar-refractivity contribution in [2.24, 2.45) is 11.8 Å². The van der Waals surface area contributed by atoms with Crippen LogP contribution in [0.1, 0.15) is 42.7 Å². The molecule has 2 saturated heterocycles. The van der Waals surface area contributed by atoms with Crippen LogP contribution in [0.2, 0.25) is 0 Å². The van der Waals surface area contributed by atoms with Gasteiger partial charge in [-0.15, -0.1) is 0 Å². The fourth-order valence-corrected chi connectivity index (χ4v) is 6.42. The van der Waals surface area contributed by atoms with Crippen molar-refractivity contribution in [3.05, 3.63) is 41.6 Å². The molecule has 3 aliphatic rings. The first kappa shape index (κ1) is 20.2. The Bertz CT molecular complexity index is 1110. The molecule has 3 fully saturated rings. The summed E-state index contributed by atoms with van der Waals surface area (Å²) in [5.41, 5.74) is 5.99. The summed E-state index contributed by atoms with van der Waals surface area (Å²) in [6.07, 6.45) is 6.91. The Morgan fingerprint density at radius 1 is 1.16 bits per heavy atom. The lowest BCUT2D eigenvalue weighted by Crippen LogP contribution is -2.40. The summed E-state index contributed by atoms with van der Waals surface area (Å²) in [6.45, 7) is 6.64. The molecule has 6 heteroatoms. The number of aromatic amines is 1. The molecular formula is C26H32N4O2. The van der Waals surface area contributed by atoms with E-state index in [0.717, 1.165) is 41.8 Å². The minimum Gasteiger partial charge on any atom is -0.481 e. The Morgan fingerprint density at radius 2 is 2.00 bits per heavy atom. The standard InChI is InChI=1S/C26H32N4O2/c1-16-8-24-23(26(29-28-24)17-5-6-27-25(11-17)31-2)12-22(16)18-9-19-13-30(14-20(19)10-18)21-4-3-7-32-15-21/h5-6,8,11-12,18-21H,3-4,7,9-10,13-15H2,1-2H3,(H,28,29)/t18?,19-,20+,21?. The van der Waals surface area contributed by atoms with Gasteiger partial charge in [0.25, 0.3) is 0 Å². The van der Waals surface area contributed by atoms with Crippen molar-refractivity contribution >= 4 is 10.9 Å². The quantitative estimate of drug-likeness (QED) is 0.655. The number of aromatic nitrogens is 3. The molecule has 2 aliphatic heterocycles. The maximum Gasteiger partial charge on any atom is 0.213 e. The molecule has 0 bridgehead atoms. The predicted octanol–water partition coefficient (Wildman–Crippen LogP) is 4.55. The molecule has 6 rings (SSSR count). The van der Waals surface area contributed by atoms with Crippen LogP contribution in [0.25, 0.3) is 22.2 Å². The van der Waals surface area contributed by atoms with E-state index in [1.807, 2.05) is 12.1 Å². The van der Waals surface area contributed by atoms with Crippen LogP contribution in [0.15, 0.2) is 30.5 Å². The Kier molecular flexibility index (Phi) is 5.15. The van der Waals surface area contributed by atoms with E-state index in [1.165, 1.54) is 55.3 Å². The average Bonchev–Trinajstić information content (AvgIpc) is 3.52.